The Balaban J connectivity index is 1.64. The van der Waals surface area contributed by atoms with Crippen LogP contribution < -0.4 is 4.74 Å². The third-order valence-corrected chi connectivity index (χ3v) is 5.05. The first-order chi connectivity index (χ1) is 11.2. The Labute approximate surface area is 140 Å². The van der Waals surface area contributed by atoms with Gasteiger partial charge in [-0.25, -0.2) is 0 Å². The lowest BCUT2D eigenvalue weighted by atomic mass is 10.0. The molecule has 0 radical (unpaired) electrons. The van der Waals surface area contributed by atoms with Gasteiger partial charge in [-0.3, -0.25) is 9.80 Å². The maximum atomic E-state index is 9.40. The molecular formula is C19H30N2O2. The molecule has 0 spiro atoms. The van der Waals surface area contributed by atoms with Gasteiger partial charge in [-0.1, -0.05) is 12.1 Å². The normalized spacial score (nSPS) is 25.7. The second-order valence-electron chi connectivity index (χ2n) is 7.20. The van der Waals surface area contributed by atoms with E-state index >= 15 is 0 Å². The molecule has 0 amide bonds. The summed E-state index contributed by atoms with van der Waals surface area (Å²) in [5.74, 6) is 0.941. The highest BCUT2D eigenvalue weighted by molar-refractivity contribution is 5.27. The van der Waals surface area contributed by atoms with Crippen LogP contribution in [-0.4, -0.2) is 59.3 Å². The van der Waals surface area contributed by atoms with Crippen molar-refractivity contribution in [3.8, 4) is 5.75 Å². The average molecular weight is 318 g/mol. The van der Waals surface area contributed by atoms with Gasteiger partial charge in [-0.15, -0.1) is 0 Å². The van der Waals surface area contributed by atoms with Crippen molar-refractivity contribution in [3.63, 3.8) is 0 Å². The molecule has 1 aromatic rings. The number of piperazine rings is 1. The minimum Gasteiger partial charge on any atom is -0.491 e. The van der Waals surface area contributed by atoms with Crippen molar-refractivity contribution in [3.05, 3.63) is 29.8 Å². The summed E-state index contributed by atoms with van der Waals surface area (Å²) in [6.45, 7) is 8.83. The first-order valence-electron chi connectivity index (χ1n) is 9.00. The van der Waals surface area contributed by atoms with Crippen molar-refractivity contribution in [2.24, 2.45) is 0 Å². The summed E-state index contributed by atoms with van der Waals surface area (Å²) in [5, 5.41) is 9.40. The van der Waals surface area contributed by atoms with Crippen molar-refractivity contribution in [2.45, 2.75) is 57.8 Å². The van der Waals surface area contributed by atoms with E-state index in [4.69, 9.17) is 4.74 Å². The van der Waals surface area contributed by atoms with Crippen LogP contribution in [0.3, 0.4) is 0 Å². The standard InChI is InChI=1S/C19H30N2O2/c1-15(2)23-19-7-5-16(6-8-19)12-21-14-17-4-3-10-20(17)13-18(21)9-11-22/h5-8,15,17-18,22H,3-4,9-14H2,1-2H3/t17-,18-/m0/s1. The molecule has 1 aromatic carbocycles. The van der Waals surface area contributed by atoms with E-state index in [0.29, 0.717) is 12.1 Å². The van der Waals surface area contributed by atoms with Gasteiger partial charge in [-0.2, -0.15) is 0 Å². The van der Waals surface area contributed by atoms with Crippen molar-refractivity contribution in [2.75, 3.05) is 26.2 Å². The van der Waals surface area contributed by atoms with Crippen LogP contribution in [0.2, 0.25) is 0 Å². The number of aliphatic hydroxyl groups is 1. The molecule has 0 aliphatic carbocycles. The maximum absolute atomic E-state index is 9.40. The molecule has 1 N–H and O–H groups in total. The quantitative estimate of drug-likeness (QED) is 0.874. The zero-order valence-corrected chi connectivity index (χ0v) is 14.4. The smallest absolute Gasteiger partial charge is 0.119 e. The molecule has 0 bridgehead atoms. The first kappa shape index (κ1) is 16.7. The molecule has 2 heterocycles. The van der Waals surface area contributed by atoms with Gasteiger partial charge in [0.1, 0.15) is 5.75 Å². The number of ether oxygens (including phenoxy) is 1. The Morgan fingerprint density at radius 3 is 2.70 bits per heavy atom. The summed E-state index contributed by atoms with van der Waals surface area (Å²) in [6.07, 6.45) is 3.73. The molecule has 2 aliphatic heterocycles. The first-order valence-corrected chi connectivity index (χ1v) is 9.00. The van der Waals surface area contributed by atoms with E-state index in [1.54, 1.807) is 0 Å². The van der Waals surface area contributed by atoms with Crippen molar-refractivity contribution in [1.29, 1.82) is 0 Å². The largest absolute Gasteiger partial charge is 0.491 e. The summed E-state index contributed by atoms with van der Waals surface area (Å²) >= 11 is 0. The minimum absolute atomic E-state index is 0.213. The van der Waals surface area contributed by atoms with Crippen LogP contribution >= 0.6 is 0 Å². The molecular weight excluding hydrogens is 288 g/mol. The molecule has 2 fully saturated rings. The fourth-order valence-corrected chi connectivity index (χ4v) is 3.94. The van der Waals surface area contributed by atoms with E-state index in [-0.39, 0.29) is 12.7 Å². The van der Waals surface area contributed by atoms with Crippen molar-refractivity contribution >= 4 is 0 Å². The minimum atomic E-state index is 0.213. The number of hydrogen-bond donors (Lipinski definition) is 1. The van der Waals surface area contributed by atoms with Crippen LogP contribution in [0, 0.1) is 0 Å². The van der Waals surface area contributed by atoms with Gasteiger partial charge < -0.3 is 9.84 Å². The summed E-state index contributed by atoms with van der Waals surface area (Å²) in [5.41, 5.74) is 1.33. The van der Waals surface area contributed by atoms with E-state index in [1.165, 1.54) is 24.9 Å². The van der Waals surface area contributed by atoms with Gasteiger partial charge in [0, 0.05) is 38.3 Å². The Kier molecular flexibility index (Phi) is 5.57. The SMILES string of the molecule is CC(C)Oc1ccc(CN2C[C@@H]3CCCN3C[C@@H]2CCO)cc1. The molecule has 2 aliphatic rings. The molecule has 4 nitrogen and oxygen atoms in total. The Morgan fingerprint density at radius 2 is 2.00 bits per heavy atom. The van der Waals surface area contributed by atoms with Gasteiger partial charge in [0.2, 0.25) is 0 Å². The van der Waals surface area contributed by atoms with E-state index in [9.17, 15) is 5.11 Å². The predicted molar refractivity (Wildman–Crippen MR) is 92.7 cm³/mol. The zero-order valence-electron chi connectivity index (χ0n) is 14.4. The van der Waals surface area contributed by atoms with Crippen molar-refractivity contribution < 1.29 is 9.84 Å². The van der Waals surface area contributed by atoms with Crippen LogP contribution in [0.15, 0.2) is 24.3 Å². The molecule has 0 aromatic heterocycles. The summed E-state index contributed by atoms with van der Waals surface area (Å²) in [4.78, 5) is 5.19. The van der Waals surface area contributed by atoms with Gasteiger partial charge in [0.05, 0.1) is 6.10 Å². The second-order valence-corrected chi connectivity index (χ2v) is 7.20. The fraction of sp³-hybridized carbons (Fsp3) is 0.684. The lowest BCUT2D eigenvalue weighted by Crippen LogP contribution is -2.55. The summed E-state index contributed by atoms with van der Waals surface area (Å²) < 4.78 is 5.72. The molecule has 3 rings (SSSR count). The van der Waals surface area contributed by atoms with Crippen molar-refractivity contribution in [1.82, 2.24) is 9.80 Å². The lowest BCUT2D eigenvalue weighted by molar-refractivity contribution is 0.0333. The van der Waals surface area contributed by atoms with Crippen LogP contribution in [0.4, 0.5) is 0 Å². The van der Waals surface area contributed by atoms with Gasteiger partial charge in [-0.05, 0) is 57.4 Å². The van der Waals surface area contributed by atoms with Crippen LogP contribution in [0.25, 0.3) is 0 Å². The van der Waals surface area contributed by atoms with Crippen LogP contribution in [0.5, 0.6) is 5.75 Å². The number of fused-ring (bicyclic) bond motifs is 1. The zero-order chi connectivity index (χ0) is 16.2. The summed E-state index contributed by atoms with van der Waals surface area (Å²) in [7, 11) is 0. The molecule has 128 valence electrons. The predicted octanol–water partition coefficient (Wildman–Crippen LogP) is 2.50. The van der Waals surface area contributed by atoms with E-state index < -0.39 is 0 Å². The molecule has 23 heavy (non-hydrogen) atoms. The lowest BCUT2D eigenvalue weighted by Gasteiger charge is -2.43. The van der Waals surface area contributed by atoms with Crippen LogP contribution in [0.1, 0.15) is 38.7 Å². The Hall–Kier alpha value is -1.10. The Bertz CT molecular complexity index is 489. The third kappa shape index (κ3) is 4.25. The van der Waals surface area contributed by atoms with E-state index in [0.717, 1.165) is 31.8 Å². The number of aliphatic hydroxyl groups excluding tert-OH is 1. The maximum Gasteiger partial charge on any atom is 0.119 e. The number of benzene rings is 1. The monoisotopic (exact) mass is 318 g/mol. The molecule has 4 heteroatoms. The Morgan fingerprint density at radius 1 is 1.22 bits per heavy atom. The molecule has 2 atom stereocenters. The van der Waals surface area contributed by atoms with Crippen LogP contribution in [-0.2, 0) is 6.54 Å². The van der Waals surface area contributed by atoms with Gasteiger partial charge in [0.25, 0.3) is 0 Å². The second kappa shape index (κ2) is 7.65. The number of nitrogens with zero attached hydrogens (tertiary/aromatic N) is 2. The number of hydrogen-bond acceptors (Lipinski definition) is 4. The van der Waals surface area contributed by atoms with Gasteiger partial charge in [0.15, 0.2) is 0 Å². The average Bonchev–Trinajstić information content (AvgIpc) is 2.96. The number of rotatable bonds is 6. The fourth-order valence-electron chi connectivity index (χ4n) is 3.94. The highest BCUT2D eigenvalue weighted by atomic mass is 16.5. The topological polar surface area (TPSA) is 35.9 Å². The summed E-state index contributed by atoms with van der Waals surface area (Å²) in [6, 6.07) is 9.68. The van der Waals surface area contributed by atoms with Gasteiger partial charge >= 0.3 is 0 Å². The highest BCUT2D eigenvalue weighted by Crippen LogP contribution is 2.27. The highest BCUT2D eigenvalue weighted by Gasteiger charge is 2.35. The molecule has 2 saturated heterocycles. The molecule has 0 saturated carbocycles. The molecule has 0 unspecified atom stereocenters. The van der Waals surface area contributed by atoms with E-state index in [1.807, 2.05) is 0 Å². The third-order valence-electron chi connectivity index (χ3n) is 5.05. The van der Waals surface area contributed by atoms with E-state index in [2.05, 4.69) is 47.9 Å².